The molecule has 2 aromatic heterocycles. The minimum Gasteiger partial charge on any atom is -0.340 e. The molecule has 0 atom stereocenters. The van der Waals surface area contributed by atoms with Crippen molar-refractivity contribution in [2.24, 2.45) is 0 Å². The lowest BCUT2D eigenvalue weighted by Crippen LogP contribution is -2.11. The van der Waals surface area contributed by atoms with Gasteiger partial charge in [0.05, 0.1) is 11.4 Å². The lowest BCUT2D eigenvalue weighted by Gasteiger charge is -2.05. The van der Waals surface area contributed by atoms with E-state index in [2.05, 4.69) is 61.1 Å². The van der Waals surface area contributed by atoms with Gasteiger partial charge in [-0.25, -0.2) is 0 Å². The van der Waals surface area contributed by atoms with E-state index in [9.17, 15) is 4.79 Å². The zero-order valence-electron chi connectivity index (χ0n) is 14.2. The quantitative estimate of drug-likeness (QED) is 0.495. The van der Waals surface area contributed by atoms with E-state index in [4.69, 9.17) is 0 Å². The smallest absolute Gasteiger partial charge is 0.256 e. The van der Waals surface area contributed by atoms with E-state index in [1.165, 1.54) is 10.9 Å². The molecule has 0 saturated heterocycles. The Morgan fingerprint density at radius 1 is 1.15 bits per heavy atom. The minimum atomic E-state index is -0.194. The maximum absolute atomic E-state index is 12.4. The summed E-state index contributed by atoms with van der Waals surface area (Å²) in [7, 11) is 0. The second-order valence-electron chi connectivity index (χ2n) is 5.96. The minimum absolute atomic E-state index is 0.194. The highest BCUT2D eigenvalue weighted by atomic mass is 79.9. The number of anilines is 1. The van der Waals surface area contributed by atoms with Crippen LogP contribution in [0.15, 0.2) is 65.1 Å². The van der Waals surface area contributed by atoms with Crippen molar-refractivity contribution in [3.63, 3.8) is 0 Å². The number of hydrogen-bond acceptors (Lipinski definition) is 2. The van der Waals surface area contributed by atoms with Crippen molar-refractivity contribution >= 4 is 38.6 Å². The first-order chi connectivity index (χ1) is 12.7. The highest BCUT2D eigenvalue weighted by molar-refractivity contribution is 9.10. The van der Waals surface area contributed by atoms with Gasteiger partial charge in [0.1, 0.15) is 0 Å². The molecule has 2 heterocycles. The number of carbonyl (C=O) groups is 1. The highest BCUT2D eigenvalue weighted by Gasteiger charge is 2.13. The molecule has 0 spiro atoms. The Bertz CT molecular complexity index is 1100. The number of nitrogens with one attached hydrogen (secondary N) is 2. The summed E-state index contributed by atoms with van der Waals surface area (Å²) in [4.78, 5) is 12.4. The van der Waals surface area contributed by atoms with Gasteiger partial charge in [0.15, 0.2) is 5.82 Å². The van der Waals surface area contributed by atoms with E-state index in [1.54, 1.807) is 12.1 Å². The zero-order valence-corrected chi connectivity index (χ0v) is 15.7. The van der Waals surface area contributed by atoms with E-state index in [0.29, 0.717) is 11.4 Å². The summed E-state index contributed by atoms with van der Waals surface area (Å²) in [6.45, 7) is 2.96. The van der Waals surface area contributed by atoms with Crippen LogP contribution in [0.4, 0.5) is 5.82 Å². The number of aromatic amines is 1. The molecular formula is C20H17BrN4O. The van der Waals surface area contributed by atoms with Crippen molar-refractivity contribution in [2.75, 3.05) is 5.32 Å². The van der Waals surface area contributed by atoms with Gasteiger partial charge in [0, 0.05) is 33.6 Å². The van der Waals surface area contributed by atoms with Gasteiger partial charge in [-0.1, -0.05) is 40.2 Å². The standard InChI is InChI=1S/C20H17BrN4O/c1-2-25-17-9-4-3-6-13(17)11-18(25)16-12-19(24-23-16)22-20(26)14-7-5-8-15(21)10-14/h3-12H,2H2,1H3,(H2,22,23,24,26). The number of benzene rings is 2. The van der Waals surface area contributed by atoms with Gasteiger partial charge in [-0.3, -0.25) is 9.89 Å². The van der Waals surface area contributed by atoms with Crippen molar-refractivity contribution in [1.29, 1.82) is 0 Å². The molecule has 0 radical (unpaired) electrons. The molecule has 0 bridgehead atoms. The Morgan fingerprint density at radius 2 is 2.00 bits per heavy atom. The topological polar surface area (TPSA) is 62.7 Å². The molecule has 4 aromatic rings. The van der Waals surface area contributed by atoms with Crippen LogP contribution in [0, 0.1) is 0 Å². The molecule has 0 unspecified atom stereocenters. The molecule has 0 saturated carbocycles. The van der Waals surface area contributed by atoms with Crippen molar-refractivity contribution in [3.05, 3.63) is 70.7 Å². The van der Waals surface area contributed by atoms with Crippen LogP contribution in [-0.4, -0.2) is 20.7 Å². The number of H-pyrrole nitrogens is 1. The second-order valence-corrected chi connectivity index (χ2v) is 6.88. The van der Waals surface area contributed by atoms with E-state index in [0.717, 1.165) is 22.4 Å². The van der Waals surface area contributed by atoms with E-state index in [-0.39, 0.29) is 5.91 Å². The normalized spacial score (nSPS) is 11.0. The molecule has 0 aliphatic heterocycles. The fraction of sp³-hybridized carbons (Fsp3) is 0.100. The third-order valence-corrected chi connectivity index (χ3v) is 4.80. The van der Waals surface area contributed by atoms with Crippen molar-refractivity contribution in [2.45, 2.75) is 13.5 Å². The van der Waals surface area contributed by atoms with Crippen LogP contribution in [0.1, 0.15) is 17.3 Å². The molecule has 1 amide bonds. The Hall–Kier alpha value is -2.86. The molecule has 2 aromatic carbocycles. The third-order valence-electron chi connectivity index (χ3n) is 4.31. The Morgan fingerprint density at radius 3 is 2.81 bits per heavy atom. The maximum Gasteiger partial charge on any atom is 0.256 e. The molecule has 0 aliphatic carbocycles. The van der Waals surface area contributed by atoms with Crippen LogP contribution in [-0.2, 0) is 6.54 Å². The largest absolute Gasteiger partial charge is 0.340 e. The van der Waals surface area contributed by atoms with Gasteiger partial charge < -0.3 is 9.88 Å². The number of nitrogens with zero attached hydrogens (tertiary/aromatic N) is 2. The Labute approximate surface area is 159 Å². The number of carbonyl (C=O) groups excluding carboxylic acids is 1. The van der Waals surface area contributed by atoms with Gasteiger partial charge in [0.2, 0.25) is 0 Å². The number of fused-ring (bicyclic) bond motifs is 1. The maximum atomic E-state index is 12.4. The average Bonchev–Trinajstić information content (AvgIpc) is 3.25. The summed E-state index contributed by atoms with van der Waals surface area (Å²) in [6, 6.07) is 19.5. The molecule has 0 aliphatic rings. The summed E-state index contributed by atoms with van der Waals surface area (Å²) >= 11 is 3.38. The molecule has 5 nitrogen and oxygen atoms in total. The highest BCUT2D eigenvalue weighted by Crippen LogP contribution is 2.28. The summed E-state index contributed by atoms with van der Waals surface area (Å²) < 4.78 is 3.09. The number of para-hydroxylation sites is 1. The molecule has 26 heavy (non-hydrogen) atoms. The number of halogens is 1. The number of aromatic nitrogens is 3. The zero-order chi connectivity index (χ0) is 18.1. The Balaban J connectivity index is 1.63. The van der Waals surface area contributed by atoms with E-state index < -0.39 is 0 Å². The Kier molecular flexibility index (Phi) is 4.34. The summed E-state index contributed by atoms with van der Waals surface area (Å²) in [5.74, 6) is 0.304. The fourth-order valence-electron chi connectivity index (χ4n) is 3.11. The lowest BCUT2D eigenvalue weighted by molar-refractivity contribution is 0.102. The lowest BCUT2D eigenvalue weighted by atomic mass is 10.2. The van der Waals surface area contributed by atoms with E-state index >= 15 is 0 Å². The number of amides is 1. The van der Waals surface area contributed by atoms with Crippen LogP contribution < -0.4 is 5.32 Å². The molecule has 130 valence electrons. The van der Waals surface area contributed by atoms with Crippen LogP contribution in [0.25, 0.3) is 22.3 Å². The van der Waals surface area contributed by atoms with Crippen LogP contribution in [0.3, 0.4) is 0 Å². The monoisotopic (exact) mass is 408 g/mol. The van der Waals surface area contributed by atoms with E-state index in [1.807, 2.05) is 30.3 Å². The first-order valence-corrected chi connectivity index (χ1v) is 9.16. The van der Waals surface area contributed by atoms with Crippen molar-refractivity contribution < 1.29 is 4.79 Å². The van der Waals surface area contributed by atoms with Gasteiger partial charge in [-0.15, -0.1) is 0 Å². The van der Waals surface area contributed by atoms with Crippen LogP contribution >= 0.6 is 15.9 Å². The number of aryl methyl sites for hydroxylation is 1. The van der Waals surface area contributed by atoms with Gasteiger partial charge in [-0.2, -0.15) is 5.10 Å². The molecule has 0 fully saturated rings. The van der Waals surface area contributed by atoms with Gasteiger partial charge >= 0.3 is 0 Å². The van der Waals surface area contributed by atoms with Crippen molar-refractivity contribution in [3.8, 4) is 11.4 Å². The van der Waals surface area contributed by atoms with Gasteiger partial charge in [0.25, 0.3) is 5.91 Å². The first kappa shape index (κ1) is 16.6. The fourth-order valence-corrected chi connectivity index (χ4v) is 3.51. The van der Waals surface area contributed by atoms with Crippen molar-refractivity contribution in [1.82, 2.24) is 14.8 Å². The molecular weight excluding hydrogens is 392 g/mol. The summed E-state index contributed by atoms with van der Waals surface area (Å²) in [5.41, 5.74) is 3.67. The predicted octanol–water partition coefficient (Wildman–Crippen LogP) is 5.07. The average molecular weight is 409 g/mol. The summed E-state index contributed by atoms with van der Waals surface area (Å²) in [5, 5.41) is 11.3. The van der Waals surface area contributed by atoms with Gasteiger partial charge in [-0.05, 0) is 37.3 Å². The predicted molar refractivity (Wildman–Crippen MR) is 107 cm³/mol. The molecule has 2 N–H and O–H groups in total. The molecule has 6 heteroatoms. The number of hydrogen-bond donors (Lipinski definition) is 2. The third kappa shape index (κ3) is 3.04. The van der Waals surface area contributed by atoms with Crippen LogP contribution in [0.5, 0.6) is 0 Å². The summed E-state index contributed by atoms with van der Waals surface area (Å²) in [6.07, 6.45) is 0. The van der Waals surface area contributed by atoms with Crippen LogP contribution in [0.2, 0.25) is 0 Å². The first-order valence-electron chi connectivity index (χ1n) is 8.36. The second kappa shape index (κ2) is 6.80. The number of rotatable bonds is 4. The molecule has 4 rings (SSSR count). The SMILES string of the molecule is CCn1c(-c2cc(NC(=O)c3cccc(Br)c3)n[nH]2)cc2ccccc21.